The molecule has 51 heavy (non-hydrogen) atoms. The van der Waals surface area contributed by atoms with Crippen molar-refractivity contribution >= 4 is 27.3 Å². The molecule has 0 saturated heterocycles. The second-order valence-corrected chi connectivity index (χ2v) is 14.7. The van der Waals surface area contributed by atoms with Gasteiger partial charge in [-0.05, 0) is 42.1 Å². The third-order valence-corrected chi connectivity index (χ3v) is 11.7. The Bertz CT molecular complexity index is 2460. The van der Waals surface area contributed by atoms with Crippen LogP contribution in [-0.2, 0) is 36.4 Å². The first-order valence-corrected chi connectivity index (χ1v) is 17.3. The van der Waals surface area contributed by atoms with Crippen molar-refractivity contribution in [3.63, 3.8) is 0 Å². The van der Waals surface area contributed by atoms with Crippen LogP contribution < -0.4 is 0 Å². The Morgan fingerprint density at radius 1 is 0.686 bits per heavy atom. The van der Waals surface area contributed by atoms with Gasteiger partial charge in [0, 0.05) is 45.8 Å². The number of aromatic nitrogens is 4. The molecule has 2 atom stereocenters. The molecule has 1 aliphatic rings. The average molecular weight is 838 g/mol. The van der Waals surface area contributed by atoms with E-state index >= 15 is 0 Å². The Morgan fingerprint density at radius 3 is 2.12 bits per heavy atom. The predicted octanol–water partition coefficient (Wildman–Crippen LogP) is 9.93. The minimum atomic E-state index is -0.601. The third kappa shape index (κ3) is 4.71. The van der Waals surface area contributed by atoms with Crippen LogP contribution in [0.1, 0.15) is 85.6 Å². The zero-order valence-corrected chi connectivity index (χ0v) is 31.7. The van der Waals surface area contributed by atoms with Crippen molar-refractivity contribution in [2.24, 2.45) is 0 Å². The van der Waals surface area contributed by atoms with E-state index in [0.717, 1.165) is 50.2 Å². The van der Waals surface area contributed by atoms with Crippen LogP contribution in [0.2, 0.25) is 0 Å². The van der Waals surface area contributed by atoms with E-state index in [-0.39, 0.29) is 36.9 Å². The molecule has 0 aliphatic carbocycles. The first-order valence-electron chi connectivity index (χ1n) is 17.3. The molecule has 5 heteroatoms. The number of pyridine rings is 3. The maximum Gasteiger partial charge on any atom is 3.00 e. The van der Waals surface area contributed by atoms with Crippen molar-refractivity contribution in [2.75, 3.05) is 0 Å². The molecule has 0 amide bonds. The van der Waals surface area contributed by atoms with Gasteiger partial charge in [-0.1, -0.05) is 68.8 Å². The molecule has 8 aromatic rings. The molecule has 5 heterocycles. The van der Waals surface area contributed by atoms with E-state index in [9.17, 15) is 0 Å². The Labute approximate surface area is 313 Å². The largest absolute Gasteiger partial charge is 3.00 e. The monoisotopic (exact) mass is 838 g/mol. The zero-order chi connectivity index (χ0) is 34.3. The molecule has 250 valence electrons. The van der Waals surface area contributed by atoms with Gasteiger partial charge in [-0.25, -0.2) is 0 Å². The van der Waals surface area contributed by atoms with Crippen molar-refractivity contribution in [1.29, 1.82) is 0 Å². The zero-order valence-electron chi connectivity index (χ0n) is 29.3. The van der Waals surface area contributed by atoms with Crippen LogP contribution >= 0.6 is 0 Å². The minimum Gasteiger partial charge on any atom is -0.336 e. The minimum absolute atomic E-state index is 0. The molecule has 1 aliphatic heterocycles. The number of benzene rings is 4. The van der Waals surface area contributed by atoms with E-state index in [4.69, 9.17) is 15.0 Å². The molecule has 0 saturated carbocycles. The van der Waals surface area contributed by atoms with Crippen molar-refractivity contribution in [1.82, 2.24) is 19.4 Å². The average Bonchev–Trinajstić information content (AvgIpc) is 3.57. The van der Waals surface area contributed by atoms with Crippen LogP contribution in [0.15, 0.2) is 128 Å². The summed E-state index contributed by atoms with van der Waals surface area (Å²) >= 11 is 0. The number of rotatable bonds is 6. The van der Waals surface area contributed by atoms with Gasteiger partial charge in [-0.3, -0.25) is 15.0 Å². The molecule has 4 aromatic carbocycles. The van der Waals surface area contributed by atoms with Gasteiger partial charge in [-0.15, -0.1) is 34.9 Å². The molecular formula is C46H37IrN4. The molecule has 4 nitrogen and oxygen atoms in total. The van der Waals surface area contributed by atoms with Crippen LogP contribution in [-0.4, -0.2) is 19.4 Å². The quantitative estimate of drug-likeness (QED) is 0.124. The molecule has 4 aromatic heterocycles. The van der Waals surface area contributed by atoms with Crippen LogP contribution in [0.5, 0.6) is 0 Å². The Balaban J connectivity index is 0.00000374. The fourth-order valence-corrected chi connectivity index (χ4v) is 8.31. The van der Waals surface area contributed by atoms with Crippen molar-refractivity contribution < 1.29 is 20.1 Å². The molecule has 1 unspecified atom stereocenters. The van der Waals surface area contributed by atoms with Gasteiger partial charge in [-0.2, -0.15) is 60.7 Å². The van der Waals surface area contributed by atoms with Gasteiger partial charge >= 0.3 is 20.1 Å². The topological polar surface area (TPSA) is 43.1 Å². The van der Waals surface area contributed by atoms with Crippen molar-refractivity contribution in [3.8, 4) is 0 Å². The number of para-hydroxylation sites is 1. The van der Waals surface area contributed by atoms with Gasteiger partial charge in [0.05, 0.1) is 22.7 Å². The summed E-state index contributed by atoms with van der Waals surface area (Å²) in [4.78, 5) is 15.5. The van der Waals surface area contributed by atoms with Gasteiger partial charge in [0.2, 0.25) is 0 Å². The van der Waals surface area contributed by atoms with Gasteiger partial charge in [0.15, 0.2) is 0 Å². The van der Waals surface area contributed by atoms with E-state index in [1.807, 2.05) is 48.8 Å². The van der Waals surface area contributed by atoms with E-state index in [2.05, 4.69) is 136 Å². The summed E-state index contributed by atoms with van der Waals surface area (Å²) in [6.45, 7) is 11.7. The SMILES string of the molecule is CC(c1[c-]cccc1)(c1[c-]c2c(cc1)c1cccc3c1n1c(c([C@@H](c4[c-]cccc4)c4ccccn4)nc21)C(C)(C)C3(C)C)c1ccccn1.[Ir+3]. The number of hydrogen-bond donors (Lipinski definition) is 0. The molecule has 9 rings (SSSR count). The van der Waals surface area contributed by atoms with Crippen molar-refractivity contribution in [2.45, 2.75) is 56.8 Å². The summed E-state index contributed by atoms with van der Waals surface area (Å²) in [6.07, 6.45) is 3.75. The van der Waals surface area contributed by atoms with E-state index in [1.165, 1.54) is 22.2 Å². The first-order chi connectivity index (χ1) is 24.2. The van der Waals surface area contributed by atoms with E-state index < -0.39 is 5.41 Å². The fourth-order valence-electron chi connectivity index (χ4n) is 8.31. The summed E-state index contributed by atoms with van der Waals surface area (Å²) in [6, 6.07) is 51.1. The smallest absolute Gasteiger partial charge is 0.336 e. The Morgan fingerprint density at radius 2 is 1.43 bits per heavy atom. The summed E-state index contributed by atoms with van der Waals surface area (Å²) in [7, 11) is 0. The maximum atomic E-state index is 5.73. The van der Waals surface area contributed by atoms with E-state index in [0.29, 0.717) is 0 Å². The second kappa shape index (κ2) is 12.1. The predicted molar refractivity (Wildman–Crippen MR) is 201 cm³/mol. The summed E-state index contributed by atoms with van der Waals surface area (Å²) in [5, 5.41) is 3.33. The summed E-state index contributed by atoms with van der Waals surface area (Å²) < 4.78 is 2.46. The van der Waals surface area contributed by atoms with Gasteiger partial charge in [0.1, 0.15) is 0 Å². The normalized spacial score (nSPS) is 16.2. The summed E-state index contributed by atoms with van der Waals surface area (Å²) in [5.74, 6) is -0.210. The fraction of sp³-hybridized carbons (Fsp3) is 0.196. The molecule has 0 N–H and O–H groups in total. The molecule has 0 radical (unpaired) electrons. The van der Waals surface area contributed by atoms with Crippen molar-refractivity contribution in [3.05, 3.63) is 191 Å². The Kier molecular flexibility index (Phi) is 7.86. The van der Waals surface area contributed by atoms with Crippen LogP contribution in [0.3, 0.4) is 0 Å². The second-order valence-electron chi connectivity index (χ2n) is 14.7. The molecule has 0 spiro atoms. The van der Waals surface area contributed by atoms with Crippen LogP contribution in [0, 0.1) is 18.2 Å². The third-order valence-electron chi connectivity index (χ3n) is 11.7. The molecular weight excluding hydrogens is 801 g/mol. The standard InChI is InChI=1S/C46H37N4.Ir/c1-44(2)36-22-16-21-34-33-26-25-32(46(5,31-19-10-7-11-20-31)38-24-13-15-28-48-38)29-35(33)43-49-40(42(45(44,3)4)50(43)41(34)36)39(30-17-8-6-9-18-30)37-23-12-14-27-47-37;/h6-17,19,21-28,39H,1-5H3;/q-3;+3/t39-,46?;/m0./s1. The van der Waals surface area contributed by atoms with Crippen LogP contribution in [0.4, 0.5) is 0 Å². The summed E-state index contributed by atoms with van der Waals surface area (Å²) in [5.41, 5.74) is 9.58. The Hall–Kier alpha value is -4.96. The van der Waals surface area contributed by atoms with Gasteiger partial charge < -0.3 is 4.40 Å². The molecule has 0 bridgehead atoms. The van der Waals surface area contributed by atoms with E-state index in [1.54, 1.807) is 0 Å². The van der Waals surface area contributed by atoms with Crippen LogP contribution in [0.25, 0.3) is 27.3 Å². The number of nitrogens with zero attached hydrogens (tertiary/aromatic N) is 4. The molecule has 0 fully saturated rings. The maximum absolute atomic E-state index is 5.73. The first kappa shape index (κ1) is 33.2. The number of fused-ring (bicyclic) bond motifs is 3. The number of imidazole rings is 1. The van der Waals surface area contributed by atoms with Gasteiger partial charge in [0.25, 0.3) is 0 Å². The number of hydrogen-bond acceptors (Lipinski definition) is 3.